The third-order valence-corrected chi connectivity index (χ3v) is 8.15. The van der Waals surface area contributed by atoms with Crippen LogP contribution >= 0.6 is 11.6 Å². The predicted octanol–water partition coefficient (Wildman–Crippen LogP) is 8.13. The molecular formula is C40H43ClN4O5. The molecule has 3 heterocycles. The van der Waals surface area contributed by atoms with Crippen LogP contribution in [0.2, 0.25) is 5.02 Å². The van der Waals surface area contributed by atoms with Gasteiger partial charge in [0, 0.05) is 35.0 Å². The van der Waals surface area contributed by atoms with E-state index in [9.17, 15) is 4.79 Å². The first-order valence-corrected chi connectivity index (χ1v) is 16.7. The zero-order valence-corrected chi connectivity index (χ0v) is 30.0. The molecule has 0 amide bonds. The Morgan fingerprint density at radius 1 is 1.04 bits per heavy atom. The molecule has 260 valence electrons. The highest BCUT2D eigenvalue weighted by Crippen LogP contribution is 2.45. The number of aliphatic hydroxyl groups is 1. The van der Waals surface area contributed by atoms with E-state index < -0.39 is 5.60 Å². The van der Waals surface area contributed by atoms with Crippen LogP contribution in [-0.4, -0.2) is 64.7 Å². The van der Waals surface area contributed by atoms with Crippen LogP contribution in [-0.2, 0) is 16.0 Å². The molecule has 0 spiro atoms. The third kappa shape index (κ3) is 8.35. The number of carbonyl (C=O) groups is 1. The molecule has 1 aliphatic heterocycles. The van der Waals surface area contributed by atoms with Crippen LogP contribution in [0.5, 0.6) is 11.5 Å². The molecule has 0 bridgehead atoms. The molecular weight excluding hydrogens is 652 g/mol. The van der Waals surface area contributed by atoms with E-state index in [1.807, 2.05) is 67.6 Å². The summed E-state index contributed by atoms with van der Waals surface area (Å²) in [5.41, 5.74) is 7.35. The van der Waals surface area contributed by atoms with Crippen molar-refractivity contribution in [1.82, 2.24) is 14.6 Å². The van der Waals surface area contributed by atoms with Crippen molar-refractivity contribution in [2.75, 3.05) is 38.3 Å². The second-order valence-corrected chi connectivity index (χ2v) is 13.2. The lowest BCUT2D eigenvalue weighted by atomic mass is 10.00. The molecule has 0 fully saturated rings. The Bertz CT molecular complexity index is 2020. The number of aryl methyl sites for hydroxylation is 1. The van der Waals surface area contributed by atoms with Gasteiger partial charge in [-0.1, -0.05) is 60.7 Å². The summed E-state index contributed by atoms with van der Waals surface area (Å²) in [4.78, 5) is 19.6. The number of nitrogens with zero attached hydrogens (tertiary/aromatic N) is 4. The Balaban J connectivity index is 0.000000908. The quantitative estimate of drug-likeness (QED) is 0.116. The Kier molecular flexibility index (Phi) is 11.3. The zero-order valence-electron chi connectivity index (χ0n) is 29.2. The van der Waals surface area contributed by atoms with Crippen LogP contribution in [0.4, 0.5) is 5.69 Å². The van der Waals surface area contributed by atoms with Gasteiger partial charge in [0.05, 0.1) is 47.8 Å². The number of fused-ring (bicyclic) bond motifs is 2. The SMILES string of the molecule is C=CCOc1cccc(-c2cccc(-c3cc4nc(C)c(CC(=O)OC)c(-c5ccc6c(c5Cl)N(CC=C)CCO6)n4n3)c2)c1.CC(C)(C)O. The van der Waals surface area contributed by atoms with E-state index in [1.165, 1.54) is 7.11 Å². The van der Waals surface area contributed by atoms with Gasteiger partial charge in [-0.15, -0.1) is 6.58 Å². The van der Waals surface area contributed by atoms with Gasteiger partial charge >= 0.3 is 5.97 Å². The molecule has 1 aliphatic rings. The maximum absolute atomic E-state index is 12.6. The van der Waals surface area contributed by atoms with E-state index in [2.05, 4.69) is 30.2 Å². The minimum atomic E-state index is -0.500. The first-order valence-electron chi connectivity index (χ1n) is 16.4. The van der Waals surface area contributed by atoms with Crippen molar-refractivity contribution in [1.29, 1.82) is 0 Å². The maximum Gasteiger partial charge on any atom is 0.310 e. The van der Waals surface area contributed by atoms with Crippen molar-refractivity contribution in [3.05, 3.63) is 108 Å². The summed E-state index contributed by atoms with van der Waals surface area (Å²) >= 11 is 7.19. The maximum atomic E-state index is 12.6. The summed E-state index contributed by atoms with van der Waals surface area (Å²) in [7, 11) is 1.37. The molecule has 0 unspecified atom stereocenters. The second-order valence-electron chi connectivity index (χ2n) is 12.8. The lowest BCUT2D eigenvalue weighted by Gasteiger charge is -2.32. The molecule has 1 N–H and O–H groups in total. The van der Waals surface area contributed by atoms with E-state index >= 15 is 0 Å². The highest BCUT2D eigenvalue weighted by molar-refractivity contribution is 6.36. The number of esters is 1. The average Bonchev–Trinajstić information content (AvgIpc) is 3.51. The summed E-state index contributed by atoms with van der Waals surface area (Å²) in [6.45, 7) is 17.0. The number of rotatable bonds is 10. The fourth-order valence-electron chi connectivity index (χ4n) is 5.64. The fraction of sp³-hybridized carbons (Fsp3) is 0.275. The predicted molar refractivity (Wildman–Crippen MR) is 200 cm³/mol. The lowest BCUT2D eigenvalue weighted by Crippen LogP contribution is -2.33. The highest BCUT2D eigenvalue weighted by atomic mass is 35.5. The van der Waals surface area contributed by atoms with E-state index in [-0.39, 0.29) is 12.4 Å². The number of hydrogen-bond donors (Lipinski definition) is 1. The molecule has 0 aliphatic carbocycles. The van der Waals surface area contributed by atoms with E-state index in [0.29, 0.717) is 65.2 Å². The Morgan fingerprint density at radius 3 is 2.44 bits per heavy atom. The number of hydrogen-bond acceptors (Lipinski definition) is 8. The molecule has 0 radical (unpaired) electrons. The molecule has 3 aromatic carbocycles. The Labute approximate surface area is 298 Å². The molecule has 10 heteroatoms. The van der Waals surface area contributed by atoms with Gasteiger partial charge in [0.15, 0.2) is 5.65 Å². The standard InChI is InChI=1S/C36H33ClN4O4.C4H10O/c1-5-15-40-16-18-45-31-14-13-28(34(37)36(31)40)35-29(21-33(42)43-4)23(3)38-32-22-30(39-41(32)35)26-11-7-9-24(19-26)25-10-8-12-27(20-25)44-17-6-2;1-4(2,3)5/h5-14,19-20,22H,1-2,15-18,21H2,3-4H3;5H,1-3H3. The number of halogens is 1. The van der Waals surface area contributed by atoms with Crippen molar-refractivity contribution in [3.63, 3.8) is 0 Å². The molecule has 0 atom stereocenters. The Hall–Kier alpha value is -5.12. The lowest BCUT2D eigenvalue weighted by molar-refractivity contribution is -0.139. The number of methoxy groups -OCH3 is 1. The van der Waals surface area contributed by atoms with Crippen LogP contribution in [0.25, 0.3) is 39.3 Å². The van der Waals surface area contributed by atoms with Gasteiger partial charge in [-0.2, -0.15) is 5.10 Å². The summed E-state index contributed by atoms with van der Waals surface area (Å²) in [5.74, 6) is 1.09. The number of benzene rings is 3. The molecule has 50 heavy (non-hydrogen) atoms. The van der Waals surface area contributed by atoms with Crippen LogP contribution in [0, 0.1) is 6.92 Å². The van der Waals surface area contributed by atoms with Crippen LogP contribution in [0.15, 0.2) is 92.0 Å². The number of ether oxygens (including phenoxy) is 3. The van der Waals surface area contributed by atoms with Gasteiger partial charge in [-0.25, -0.2) is 9.50 Å². The molecule has 2 aromatic heterocycles. The van der Waals surface area contributed by atoms with E-state index in [4.69, 9.17) is 41.0 Å². The van der Waals surface area contributed by atoms with Crippen molar-refractivity contribution in [2.45, 2.75) is 39.7 Å². The summed E-state index contributed by atoms with van der Waals surface area (Å²) in [6.07, 6.45) is 3.57. The summed E-state index contributed by atoms with van der Waals surface area (Å²) in [6, 6.07) is 21.9. The topological polar surface area (TPSA) is 98.4 Å². The largest absolute Gasteiger partial charge is 0.490 e. The van der Waals surface area contributed by atoms with E-state index in [1.54, 1.807) is 31.4 Å². The van der Waals surface area contributed by atoms with Gasteiger partial charge in [0.25, 0.3) is 0 Å². The van der Waals surface area contributed by atoms with Crippen molar-refractivity contribution in [3.8, 4) is 45.1 Å². The fourth-order valence-corrected chi connectivity index (χ4v) is 6.00. The minimum Gasteiger partial charge on any atom is -0.490 e. The second kappa shape index (κ2) is 15.6. The highest BCUT2D eigenvalue weighted by Gasteiger charge is 2.27. The van der Waals surface area contributed by atoms with Gasteiger partial charge in [0.2, 0.25) is 0 Å². The zero-order chi connectivity index (χ0) is 36.0. The monoisotopic (exact) mass is 694 g/mol. The summed E-state index contributed by atoms with van der Waals surface area (Å²) < 4.78 is 18.5. The Morgan fingerprint density at radius 2 is 1.74 bits per heavy atom. The van der Waals surface area contributed by atoms with Crippen molar-refractivity contribution >= 4 is 28.9 Å². The van der Waals surface area contributed by atoms with Crippen LogP contribution < -0.4 is 14.4 Å². The number of anilines is 1. The number of aromatic nitrogens is 3. The van der Waals surface area contributed by atoms with Crippen LogP contribution in [0.3, 0.4) is 0 Å². The van der Waals surface area contributed by atoms with Crippen molar-refractivity contribution < 1.29 is 24.1 Å². The molecule has 9 nitrogen and oxygen atoms in total. The molecule has 6 rings (SSSR count). The molecule has 0 saturated heterocycles. The molecule has 0 saturated carbocycles. The van der Waals surface area contributed by atoms with Crippen LogP contribution in [0.1, 0.15) is 32.0 Å². The smallest absolute Gasteiger partial charge is 0.310 e. The first-order chi connectivity index (χ1) is 23.9. The normalized spacial score (nSPS) is 12.3. The number of carbonyl (C=O) groups excluding carboxylic acids is 1. The average molecular weight is 695 g/mol. The first kappa shape index (κ1) is 36.2. The van der Waals surface area contributed by atoms with Gasteiger partial charge in [-0.3, -0.25) is 4.79 Å². The van der Waals surface area contributed by atoms with Gasteiger partial charge in [-0.05, 0) is 69.2 Å². The van der Waals surface area contributed by atoms with Crippen molar-refractivity contribution in [2.24, 2.45) is 0 Å². The third-order valence-electron chi connectivity index (χ3n) is 7.77. The summed E-state index contributed by atoms with van der Waals surface area (Å²) in [5, 5.41) is 14.1. The van der Waals surface area contributed by atoms with Gasteiger partial charge < -0.3 is 24.2 Å². The minimum absolute atomic E-state index is 0.00976. The molecule has 5 aromatic rings. The van der Waals surface area contributed by atoms with E-state index in [0.717, 1.165) is 33.8 Å². The van der Waals surface area contributed by atoms with Gasteiger partial charge in [0.1, 0.15) is 24.7 Å².